The molecule has 0 bridgehead atoms. The van der Waals surface area contributed by atoms with Crippen LogP contribution in [0.2, 0.25) is 0 Å². The van der Waals surface area contributed by atoms with Gasteiger partial charge in [0.1, 0.15) is 12.4 Å². The van der Waals surface area contributed by atoms with Crippen LogP contribution in [-0.2, 0) is 4.74 Å². The number of rotatable bonds is 0. The minimum absolute atomic E-state index is 0.833. The third-order valence-corrected chi connectivity index (χ3v) is 2.59. The van der Waals surface area contributed by atoms with Crippen molar-refractivity contribution in [3.63, 3.8) is 0 Å². The van der Waals surface area contributed by atoms with Gasteiger partial charge in [-0.3, -0.25) is 0 Å². The standard InChI is InChI=1S/C10H15NO/c1-7-6-8(2)10-9(7)11(3)4-5-12-10/h4-6H2,1-3H3. The lowest BCUT2D eigenvalue weighted by Crippen LogP contribution is -2.29. The maximum atomic E-state index is 5.64. The molecule has 0 amide bonds. The van der Waals surface area contributed by atoms with Gasteiger partial charge >= 0.3 is 0 Å². The van der Waals surface area contributed by atoms with E-state index >= 15 is 0 Å². The number of hydrogen-bond acceptors (Lipinski definition) is 2. The van der Waals surface area contributed by atoms with Crippen molar-refractivity contribution >= 4 is 0 Å². The maximum Gasteiger partial charge on any atom is 0.141 e. The lowest BCUT2D eigenvalue weighted by Gasteiger charge is -2.29. The molecule has 0 radical (unpaired) electrons. The third-order valence-electron chi connectivity index (χ3n) is 2.59. The molecule has 0 aromatic carbocycles. The normalized spacial score (nSPS) is 23.1. The number of allylic oxidation sites excluding steroid dienone is 2. The van der Waals surface area contributed by atoms with Crippen molar-refractivity contribution < 1.29 is 4.74 Å². The van der Waals surface area contributed by atoms with E-state index in [1.165, 1.54) is 16.8 Å². The Morgan fingerprint density at radius 3 is 2.67 bits per heavy atom. The average molecular weight is 165 g/mol. The molecule has 1 saturated heterocycles. The molecule has 1 aliphatic carbocycles. The number of likely N-dealkylation sites (N-methyl/N-ethyl adjacent to an activating group) is 1. The average Bonchev–Trinajstić information content (AvgIpc) is 2.29. The summed E-state index contributed by atoms with van der Waals surface area (Å²) in [5.74, 6) is 1.14. The third kappa shape index (κ3) is 0.942. The van der Waals surface area contributed by atoms with E-state index in [9.17, 15) is 0 Å². The second-order valence-electron chi connectivity index (χ2n) is 3.69. The topological polar surface area (TPSA) is 12.5 Å². The highest BCUT2D eigenvalue weighted by atomic mass is 16.5. The predicted molar refractivity (Wildman–Crippen MR) is 48.6 cm³/mol. The summed E-state index contributed by atoms with van der Waals surface area (Å²) in [4.78, 5) is 2.30. The monoisotopic (exact) mass is 165 g/mol. The van der Waals surface area contributed by atoms with Crippen molar-refractivity contribution in [2.24, 2.45) is 0 Å². The molecule has 1 aliphatic heterocycles. The number of nitrogens with zero attached hydrogens (tertiary/aromatic N) is 1. The highest BCUT2D eigenvalue weighted by molar-refractivity contribution is 5.42. The van der Waals surface area contributed by atoms with Gasteiger partial charge < -0.3 is 9.64 Å². The summed E-state index contributed by atoms with van der Waals surface area (Å²) >= 11 is 0. The molecule has 0 aromatic rings. The summed E-state index contributed by atoms with van der Waals surface area (Å²) in [6.45, 7) is 6.20. The van der Waals surface area contributed by atoms with Crippen LogP contribution >= 0.6 is 0 Å². The molecule has 0 aromatic heterocycles. The minimum Gasteiger partial charge on any atom is -0.490 e. The first-order valence-electron chi connectivity index (χ1n) is 4.44. The lowest BCUT2D eigenvalue weighted by atomic mass is 10.2. The quantitative estimate of drug-likeness (QED) is 0.543. The van der Waals surface area contributed by atoms with Gasteiger partial charge in [0.05, 0.1) is 12.2 Å². The van der Waals surface area contributed by atoms with Gasteiger partial charge in [-0.2, -0.15) is 0 Å². The number of ether oxygens (including phenoxy) is 1. The van der Waals surface area contributed by atoms with Gasteiger partial charge in [-0.15, -0.1) is 0 Å². The van der Waals surface area contributed by atoms with Crippen LogP contribution in [0.3, 0.4) is 0 Å². The van der Waals surface area contributed by atoms with Crippen molar-refractivity contribution in [2.45, 2.75) is 20.3 Å². The predicted octanol–water partition coefficient (Wildman–Crippen LogP) is 1.90. The minimum atomic E-state index is 0.833. The molecule has 1 fully saturated rings. The van der Waals surface area contributed by atoms with Gasteiger partial charge in [-0.25, -0.2) is 0 Å². The molecule has 2 nitrogen and oxygen atoms in total. The molecular formula is C10H15NO. The lowest BCUT2D eigenvalue weighted by molar-refractivity contribution is 0.141. The van der Waals surface area contributed by atoms with Crippen molar-refractivity contribution in [3.8, 4) is 0 Å². The van der Waals surface area contributed by atoms with Crippen LogP contribution in [0.5, 0.6) is 0 Å². The molecule has 66 valence electrons. The molecular weight excluding hydrogens is 150 g/mol. The Morgan fingerprint density at radius 2 is 2.00 bits per heavy atom. The summed E-state index contributed by atoms with van der Waals surface area (Å²) < 4.78 is 5.64. The maximum absolute atomic E-state index is 5.64. The van der Waals surface area contributed by atoms with E-state index in [0.717, 1.165) is 25.3 Å². The van der Waals surface area contributed by atoms with Gasteiger partial charge in [0.2, 0.25) is 0 Å². The van der Waals surface area contributed by atoms with E-state index in [1.54, 1.807) is 0 Å². The zero-order valence-corrected chi connectivity index (χ0v) is 7.98. The molecule has 0 unspecified atom stereocenters. The first-order valence-corrected chi connectivity index (χ1v) is 4.44. The highest BCUT2D eigenvalue weighted by Crippen LogP contribution is 2.35. The Morgan fingerprint density at radius 1 is 1.25 bits per heavy atom. The molecule has 0 N–H and O–H groups in total. The van der Waals surface area contributed by atoms with E-state index in [0.29, 0.717) is 0 Å². The molecule has 0 spiro atoms. The van der Waals surface area contributed by atoms with Crippen LogP contribution in [-0.4, -0.2) is 25.1 Å². The van der Waals surface area contributed by atoms with Crippen LogP contribution in [0.25, 0.3) is 0 Å². The van der Waals surface area contributed by atoms with Crippen LogP contribution in [0.1, 0.15) is 20.3 Å². The molecule has 12 heavy (non-hydrogen) atoms. The van der Waals surface area contributed by atoms with E-state index in [4.69, 9.17) is 4.74 Å². The van der Waals surface area contributed by atoms with Crippen molar-refractivity contribution in [3.05, 3.63) is 22.6 Å². The van der Waals surface area contributed by atoms with Crippen LogP contribution in [0.15, 0.2) is 22.6 Å². The number of morpholine rings is 1. The van der Waals surface area contributed by atoms with Crippen LogP contribution < -0.4 is 0 Å². The fraction of sp³-hybridized carbons (Fsp3) is 0.600. The summed E-state index contributed by atoms with van der Waals surface area (Å²) in [7, 11) is 2.14. The first kappa shape index (κ1) is 7.71. The van der Waals surface area contributed by atoms with E-state index in [2.05, 4.69) is 25.8 Å². The second kappa shape index (κ2) is 2.54. The largest absolute Gasteiger partial charge is 0.490 e. The van der Waals surface area contributed by atoms with Gasteiger partial charge in [0.15, 0.2) is 0 Å². The summed E-state index contributed by atoms with van der Waals surface area (Å²) in [5, 5.41) is 0. The second-order valence-corrected chi connectivity index (χ2v) is 3.69. The van der Waals surface area contributed by atoms with Crippen molar-refractivity contribution in [1.29, 1.82) is 0 Å². The first-order chi connectivity index (χ1) is 5.70. The van der Waals surface area contributed by atoms with Gasteiger partial charge in [-0.1, -0.05) is 0 Å². The SMILES string of the molecule is CC1=C2OCCN(C)C2=C(C)C1. The van der Waals surface area contributed by atoms with Crippen LogP contribution in [0, 0.1) is 0 Å². The molecule has 2 aliphatic rings. The summed E-state index contributed by atoms with van der Waals surface area (Å²) in [6.07, 6.45) is 1.09. The Labute approximate surface area is 73.5 Å². The fourth-order valence-corrected chi connectivity index (χ4v) is 2.04. The zero-order chi connectivity index (χ0) is 8.72. The molecule has 0 atom stereocenters. The number of fused-ring (bicyclic) bond motifs is 1. The van der Waals surface area contributed by atoms with Crippen molar-refractivity contribution in [2.75, 3.05) is 20.2 Å². The zero-order valence-electron chi connectivity index (χ0n) is 7.98. The Hall–Kier alpha value is -0.920. The summed E-state index contributed by atoms with van der Waals surface area (Å²) in [6, 6.07) is 0. The number of hydrogen-bond donors (Lipinski definition) is 0. The van der Waals surface area contributed by atoms with E-state index in [1.807, 2.05) is 0 Å². The van der Waals surface area contributed by atoms with Gasteiger partial charge in [-0.05, 0) is 31.4 Å². The molecule has 1 heterocycles. The van der Waals surface area contributed by atoms with E-state index in [-0.39, 0.29) is 0 Å². The molecule has 0 saturated carbocycles. The van der Waals surface area contributed by atoms with Crippen LogP contribution in [0.4, 0.5) is 0 Å². The Balaban J connectivity index is 2.40. The smallest absolute Gasteiger partial charge is 0.141 e. The fourth-order valence-electron chi connectivity index (χ4n) is 2.04. The molecule has 2 heteroatoms. The van der Waals surface area contributed by atoms with Gasteiger partial charge in [0, 0.05) is 7.05 Å². The Bertz CT molecular complexity index is 276. The highest BCUT2D eigenvalue weighted by Gasteiger charge is 2.26. The Kier molecular flexibility index (Phi) is 1.63. The summed E-state index contributed by atoms with van der Waals surface area (Å²) in [5.41, 5.74) is 4.16. The van der Waals surface area contributed by atoms with Gasteiger partial charge in [0.25, 0.3) is 0 Å². The van der Waals surface area contributed by atoms with E-state index < -0.39 is 0 Å². The van der Waals surface area contributed by atoms with Crippen molar-refractivity contribution in [1.82, 2.24) is 4.90 Å². The molecule has 2 rings (SSSR count).